The molecule has 1 aliphatic rings. The molecule has 2 aromatic rings. The number of anilines is 1. The normalized spacial score (nSPS) is 15.4. The molecule has 1 aliphatic heterocycles. The van der Waals surface area contributed by atoms with Crippen molar-refractivity contribution in [3.8, 4) is 0 Å². The van der Waals surface area contributed by atoms with Crippen LogP contribution in [0.25, 0.3) is 0 Å². The van der Waals surface area contributed by atoms with Gasteiger partial charge in [-0.2, -0.15) is 5.10 Å². The number of piperazine rings is 1. The standard InChI is InChI=1S/C17H25N9O/c1-5-6-18-17(19-10-15-22-21-13(2)24(15)4)25-7-8-26(16(27)12-25)14-9-20-23(3)11-14/h5,9,11H,1,6-8,10,12H2,2-4H3,(H,18,19). The number of aliphatic imine (C=N–C) groups is 1. The molecule has 0 spiro atoms. The fraction of sp³-hybridized carbons (Fsp3) is 0.471. The van der Waals surface area contributed by atoms with Crippen molar-refractivity contribution in [1.29, 1.82) is 0 Å². The molecular formula is C17H25N9O. The summed E-state index contributed by atoms with van der Waals surface area (Å²) in [4.78, 5) is 21.0. The van der Waals surface area contributed by atoms with Gasteiger partial charge in [-0.1, -0.05) is 6.08 Å². The van der Waals surface area contributed by atoms with E-state index in [-0.39, 0.29) is 12.5 Å². The van der Waals surface area contributed by atoms with Crippen molar-refractivity contribution < 1.29 is 4.79 Å². The van der Waals surface area contributed by atoms with E-state index in [1.807, 2.05) is 36.7 Å². The van der Waals surface area contributed by atoms with Crippen molar-refractivity contribution >= 4 is 17.6 Å². The number of carbonyl (C=O) groups excluding carboxylic acids is 1. The predicted molar refractivity (Wildman–Crippen MR) is 102 cm³/mol. The van der Waals surface area contributed by atoms with Crippen molar-refractivity contribution in [1.82, 2.24) is 34.8 Å². The summed E-state index contributed by atoms with van der Waals surface area (Å²) in [7, 11) is 3.75. The second kappa shape index (κ2) is 8.02. The molecule has 0 unspecified atom stereocenters. The number of carbonyl (C=O) groups is 1. The van der Waals surface area contributed by atoms with E-state index in [9.17, 15) is 4.79 Å². The summed E-state index contributed by atoms with van der Waals surface area (Å²) in [5.41, 5.74) is 0.814. The number of guanidine groups is 1. The summed E-state index contributed by atoms with van der Waals surface area (Å²) >= 11 is 0. The van der Waals surface area contributed by atoms with Crippen LogP contribution in [0.15, 0.2) is 30.0 Å². The van der Waals surface area contributed by atoms with Gasteiger partial charge in [0.1, 0.15) is 18.9 Å². The fourth-order valence-electron chi connectivity index (χ4n) is 2.84. The molecule has 0 bridgehead atoms. The van der Waals surface area contributed by atoms with E-state index in [0.29, 0.717) is 32.1 Å². The quantitative estimate of drug-likeness (QED) is 0.446. The summed E-state index contributed by atoms with van der Waals surface area (Å²) in [6.45, 7) is 8.06. The number of nitrogens with one attached hydrogen (secondary N) is 1. The Morgan fingerprint density at radius 1 is 1.37 bits per heavy atom. The van der Waals surface area contributed by atoms with Gasteiger partial charge in [-0.05, 0) is 6.92 Å². The molecule has 1 saturated heterocycles. The smallest absolute Gasteiger partial charge is 0.246 e. The number of rotatable bonds is 5. The predicted octanol–water partition coefficient (Wildman–Crippen LogP) is -0.163. The molecule has 1 fully saturated rings. The summed E-state index contributed by atoms with van der Waals surface area (Å²) in [6.07, 6.45) is 5.31. The first-order valence-electron chi connectivity index (χ1n) is 8.77. The summed E-state index contributed by atoms with van der Waals surface area (Å²) in [6, 6.07) is 0. The van der Waals surface area contributed by atoms with Crippen molar-refractivity contribution in [2.45, 2.75) is 13.5 Å². The summed E-state index contributed by atoms with van der Waals surface area (Å²) < 4.78 is 3.59. The number of aromatic nitrogens is 5. The Balaban J connectivity index is 1.71. The number of hydrogen-bond acceptors (Lipinski definition) is 5. The Bertz CT molecular complexity index is 850. The molecule has 0 aliphatic carbocycles. The molecule has 1 amide bonds. The van der Waals surface area contributed by atoms with E-state index in [4.69, 9.17) is 0 Å². The van der Waals surface area contributed by atoms with Gasteiger partial charge in [0.15, 0.2) is 11.8 Å². The van der Waals surface area contributed by atoms with Crippen LogP contribution in [-0.2, 0) is 25.4 Å². The SMILES string of the molecule is C=CCNC(=NCc1nnc(C)n1C)N1CCN(c2cnn(C)c2)C(=O)C1. The molecule has 27 heavy (non-hydrogen) atoms. The van der Waals surface area contributed by atoms with E-state index < -0.39 is 0 Å². The number of nitrogens with zero attached hydrogens (tertiary/aromatic N) is 8. The van der Waals surface area contributed by atoms with Crippen molar-refractivity contribution in [2.75, 3.05) is 31.1 Å². The summed E-state index contributed by atoms with van der Waals surface area (Å²) in [5, 5.41) is 15.6. The van der Waals surface area contributed by atoms with Crippen LogP contribution in [0.2, 0.25) is 0 Å². The van der Waals surface area contributed by atoms with E-state index in [2.05, 4.69) is 32.2 Å². The zero-order valence-electron chi connectivity index (χ0n) is 16.0. The third kappa shape index (κ3) is 4.15. The highest BCUT2D eigenvalue weighted by Crippen LogP contribution is 2.16. The summed E-state index contributed by atoms with van der Waals surface area (Å²) in [5.74, 6) is 2.28. The number of hydrogen-bond donors (Lipinski definition) is 1. The maximum Gasteiger partial charge on any atom is 0.246 e. The molecule has 144 valence electrons. The van der Waals surface area contributed by atoms with Gasteiger partial charge in [0.2, 0.25) is 5.91 Å². The maximum absolute atomic E-state index is 12.6. The Kier molecular flexibility index (Phi) is 5.53. The van der Waals surface area contributed by atoms with E-state index in [1.165, 1.54) is 0 Å². The first-order valence-corrected chi connectivity index (χ1v) is 8.77. The number of aryl methyl sites for hydroxylation is 2. The van der Waals surface area contributed by atoms with Crippen LogP contribution < -0.4 is 10.2 Å². The molecule has 0 saturated carbocycles. The average Bonchev–Trinajstić information content (AvgIpc) is 3.22. The van der Waals surface area contributed by atoms with Crippen LogP contribution in [0.3, 0.4) is 0 Å². The third-order valence-corrected chi connectivity index (χ3v) is 4.48. The molecule has 3 heterocycles. The minimum atomic E-state index is 0.0110. The Labute approximate surface area is 158 Å². The van der Waals surface area contributed by atoms with Crippen LogP contribution >= 0.6 is 0 Å². The van der Waals surface area contributed by atoms with Gasteiger partial charge in [-0.25, -0.2) is 4.99 Å². The molecule has 0 aromatic carbocycles. The monoisotopic (exact) mass is 371 g/mol. The van der Waals surface area contributed by atoms with Crippen LogP contribution in [0.1, 0.15) is 11.6 Å². The topological polar surface area (TPSA) is 96.5 Å². The maximum atomic E-state index is 12.6. The van der Waals surface area contributed by atoms with E-state index in [0.717, 1.165) is 17.3 Å². The molecule has 10 nitrogen and oxygen atoms in total. The van der Waals surface area contributed by atoms with Crippen LogP contribution in [0, 0.1) is 6.92 Å². The zero-order valence-corrected chi connectivity index (χ0v) is 16.0. The Morgan fingerprint density at radius 3 is 2.78 bits per heavy atom. The minimum absolute atomic E-state index is 0.0110. The van der Waals surface area contributed by atoms with E-state index in [1.54, 1.807) is 21.9 Å². The second-order valence-electron chi connectivity index (χ2n) is 6.37. The molecule has 1 N–H and O–H groups in total. The lowest BCUT2D eigenvalue weighted by molar-refractivity contribution is -0.120. The fourth-order valence-corrected chi connectivity index (χ4v) is 2.84. The molecule has 3 rings (SSSR count). The molecule has 0 atom stereocenters. The third-order valence-electron chi connectivity index (χ3n) is 4.48. The molecular weight excluding hydrogens is 346 g/mol. The van der Waals surface area contributed by atoms with Gasteiger partial charge in [-0.3, -0.25) is 9.48 Å². The Hall–Kier alpha value is -3.17. The zero-order chi connectivity index (χ0) is 19.4. The minimum Gasteiger partial charge on any atom is -0.353 e. The van der Waals surface area contributed by atoms with Crippen LogP contribution in [0.5, 0.6) is 0 Å². The highest BCUT2D eigenvalue weighted by atomic mass is 16.2. The molecule has 10 heteroatoms. The first kappa shape index (κ1) is 18.6. The van der Waals surface area contributed by atoms with E-state index >= 15 is 0 Å². The van der Waals surface area contributed by atoms with Gasteiger partial charge >= 0.3 is 0 Å². The first-order chi connectivity index (χ1) is 13.0. The molecule has 0 radical (unpaired) electrons. The van der Waals surface area contributed by atoms with Gasteiger partial charge < -0.3 is 19.7 Å². The van der Waals surface area contributed by atoms with Crippen molar-refractivity contribution in [2.24, 2.45) is 19.1 Å². The lowest BCUT2D eigenvalue weighted by atomic mass is 10.3. The molecule has 2 aromatic heterocycles. The largest absolute Gasteiger partial charge is 0.353 e. The highest BCUT2D eigenvalue weighted by molar-refractivity contribution is 5.98. The number of amides is 1. The second-order valence-corrected chi connectivity index (χ2v) is 6.37. The highest BCUT2D eigenvalue weighted by Gasteiger charge is 2.27. The Morgan fingerprint density at radius 2 is 2.19 bits per heavy atom. The van der Waals surface area contributed by atoms with Crippen LogP contribution in [-0.4, -0.2) is 67.5 Å². The van der Waals surface area contributed by atoms with Gasteiger partial charge in [0.25, 0.3) is 0 Å². The lowest BCUT2D eigenvalue weighted by Gasteiger charge is -2.35. The van der Waals surface area contributed by atoms with Gasteiger partial charge in [0, 0.05) is 39.9 Å². The average molecular weight is 371 g/mol. The lowest BCUT2D eigenvalue weighted by Crippen LogP contribution is -2.55. The van der Waals surface area contributed by atoms with Gasteiger partial charge in [-0.15, -0.1) is 16.8 Å². The van der Waals surface area contributed by atoms with Crippen molar-refractivity contribution in [3.63, 3.8) is 0 Å². The van der Waals surface area contributed by atoms with Crippen molar-refractivity contribution in [3.05, 3.63) is 36.7 Å². The van der Waals surface area contributed by atoms with Crippen LogP contribution in [0.4, 0.5) is 5.69 Å². The van der Waals surface area contributed by atoms with Gasteiger partial charge in [0.05, 0.1) is 11.9 Å².